The molecule has 1 aromatic heterocycles. The fourth-order valence-electron chi connectivity index (χ4n) is 5.54. The smallest absolute Gasteiger partial charge is 0.416 e. The lowest BCUT2D eigenvalue weighted by Gasteiger charge is -2.32. The summed E-state index contributed by atoms with van der Waals surface area (Å²) in [5, 5.41) is 15.5. The summed E-state index contributed by atoms with van der Waals surface area (Å²) in [6, 6.07) is 22.5. The van der Waals surface area contributed by atoms with Gasteiger partial charge in [0, 0.05) is 18.8 Å². The van der Waals surface area contributed by atoms with Gasteiger partial charge in [0.15, 0.2) is 0 Å². The van der Waals surface area contributed by atoms with Crippen molar-refractivity contribution >= 4 is 29.5 Å². The van der Waals surface area contributed by atoms with E-state index in [2.05, 4.69) is 54.8 Å². The van der Waals surface area contributed by atoms with Gasteiger partial charge in [-0.15, -0.1) is 0 Å². The number of hydrogen-bond donors (Lipinski definition) is 3. The van der Waals surface area contributed by atoms with E-state index in [9.17, 15) is 23.1 Å². The second-order valence-electron chi connectivity index (χ2n) is 11.7. The van der Waals surface area contributed by atoms with Crippen LogP contribution in [0.15, 0.2) is 78.9 Å². The van der Waals surface area contributed by atoms with E-state index >= 15 is 0 Å². The Hall–Kier alpha value is -4.87. The van der Waals surface area contributed by atoms with E-state index in [1.165, 1.54) is 17.7 Å². The van der Waals surface area contributed by atoms with Crippen LogP contribution in [0.3, 0.4) is 0 Å². The molecule has 0 saturated carbocycles. The number of carbonyl (C=O) groups is 1. The SMILES string of the molecule is CCC(Cc1ccc(OCCNc2nc(Nc3ccc(C(F)(F)F)cc3)nc(N3CCC(Cc4ccccc4)CC3)n2)cc1)C(=O)O. The molecule has 0 spiro atoms. The molecule has 0 radical (unpaired) electrons. The van der Waals surface area contributed by atoms with Crippen molar-refractivity contribution in [3.63, 3.8) is 0 Å². The summed E-state index contributed by atoms with van der Waals surface area (Å²) in [6.07, 6.45) is -0.427. The number of aliphatic carboxylic acids is 1. The maximum atomic E-state index is 13.1. The second kappa shape index (κ2) is 15.6. The molecular formula is C35H39F3N6O3. The molecule has 5 rings (SSSR count). The number of rotatable bonds is 14. The first-order valence-electron chi connectivity index (χ1n) is 15.8. The molecule has 3 aromatic carbocycles. The van der Waals surface area contributed by atoms with Crippen LogP contribution in [0.2, 0.25) is 0 Å². The van der Waals surface area contributed by atoms with Crippen molar-refractivity contribution in [1.29, 1.82) is 0 Å². The van der Waals surface area contributed by atoms with Crippen molar-refractivity contribution in [2.45, 2.75) is 45.2 Å². The Balaban J connectivity index is 1.22. The number of aromatic nitrogens is 3. The highest BCUT2D eigenvalue weighted by atomic mass is 19.4. The molecule has 1 unspecified atom stereocenters. The molecule has 248 valence electrons. The highest BCUT2D eigenvalue weighted by molar-refractivity contribution is 5.70. The molecular weight excluding hydrogens is 609 g/mol. The van der Waals surface area contributed by atoms with Crippen LogP contribution in [0.5, 0.6) is 5.75 Å². The number of nitrogens with zero attached hydrogens (tertiary/aromatic N) is 4. The van der Waals surface area contributed by atoms with Crippen molar-refractivity contribution in [2.75, 3.05) is 41.8 Å². The van der Waals surface area contributed by atoms with Gasteiger partial charge >= 0.3 is 12.1 Å². The summed E-state index contributed by atoms with van der Waals surface area (Å²) < 4.78 is 45.1. The normalized spacial score (nSPS) is 14.4. The Morgan fingerprint density at radius 3 is 2.26 bits per heavy atom. The molecule has 0 amide bonds. The first kappa shape index (κ1) is 33.5. The summed E-state index contributed by atoms with van der Waals surface area (Å²) in [6.45, 7) is 4.08. The Morgan fingerprint density at radius 2 is 1.62 bits per heavy atom. The molecule has 1 aliphatic rings. The summed E-state index contributed by atoms with van der Waals surface area (Å²) in [5.74, 6) is 0.994. The molecule has 12 heteroatoms. The largest absolute Gasteiger partial charge is 0.492 e. The topological polar surface area (TPSA) is 113 Å². The second-order valence-corrected chi connectivity index (χ2v) is 11.7. The third-order valence-electron chi connectivity index (χ3n) is 8.26. The molecule has 3 N–H and O–H groups in total. The lowest BCUT2D eigenvalue weighted by atomic mass is 9.90. The minimum absolute atomic E-state index is 0.215. The number of carboxylic acid groups (broad SMARTS) is 1. The Kier molecular flexibility index (Phi) is 11.1. The van der Waals surface area contributed by atoms with Gasteiger partial charge in [-0.2, -0.15) is 28.1 Å². The van der Waals surface area contributed by atoms with Crippen LogP contribution in [-0.4, -0.2) is 52.3 Å². The predicted octanol–water partition coefficient (Wildman–Crippen LogP) is 7.24. The molecule has 2 heterocycles. The number of benzene rings is 3. The zero-order chi connectivity index (χ0) is 33.2. The Labute approximate surface area is 272 Å². The van der Waals surface area contributed by atoms with Gasteiger partial charge < -0.3 is 25.4 Å². The van der Waals surface area contributed by atoms with Gasteiger partial charge in [-0.05, 0) is 85.5 Å². The monoisotopic (exact) mass is 648 g/mol. The highest BCUT2D eigenvalue weighted by Crippen LogP contribution is 2.31. The van der Waals surface area contributed by atoms with Crippen molar-refractivity contribution in [3.05, 3.63) is 95.6 Å². The minimum atomic E-state index is -4.43. The van der Waals surface area contributed by atoms with Gasteiger partial charge in [0.2, 0.25) is 17.8 Å². The van der Waals surface area contributed by atoms with E-state index in [4.69, 9.17) is 4.74 Å². The van der Waals surface area contributed by atoms with E-state index in [0.29, 0.717) is 55.2 Å². The number of hydrogen-bond acceptors (Lipinski definition) is 8. The van der Waals surface area contributed by atoms with Crippen molar-refractivity contribution < 1.29 is 27.8 Å². The fourth-order valence-corrected chi connectivity index (χ4v) is 5.54. The van der Waals surface area contributed by atoms with Crippen LogP contribution in [-0.2, 0) is 23.8 Å². The number of halogens is 3. The summed E-state index contributed by atoms with van der Waals surface area (Å²) >= 11 is 0. The van der Waals surface area contributed by atoms with E-state index in [1.54, 1.807) is 0 Å². The molecule has 1 fully saturated rings. The number of ether oxygens (including phenoxy) is 1. The zero-order valence-electron chi connectivity index (χ0n) is 26.2. The van der Waals surface area contributed by atoms with Gasteiger partial charge in [0.05, 0.1) is 18.0 Å². The Morgan fingerprint density at radius 1 is 0.936 bits per heavy atom. The van der Waals surface area contributed by atoms with Gasteiger partial charge in [-0.3, -0.25) is 4.79 Å². The third kappa shape index (κ3) is 9.81. The van der Waals surface area contributed by atoms with Crippen molar-refractivity contribution in [1.82, 2.24) is 15.0 Å². The van der Waals surface area contributed by atoms with Crippen molar-refractivity contribution in [3.8, 4) is 5.75 Å². The third-order valence-corrected chi connectivity index (χ3v) is 8.26. The summed E-state index contributed by atoms with van der Waals surface area (Å²) in [4.78, 5) is 27.2. The van der Waals surface area contributed by atoms with E-state index < -0.39 is 23.6 Å². The number of nitrogens with one attached hydrogen (secondary N) is 2. The van der Waals surface area contributed by atoms with Crippen LogP contribution >= 0.6 is 0 Å². The van der Waals surface area contributed by atoms with Crippen LogP contribution in [0, 0.1) is 11.8 Å². The van der Waals surface area contributed by atoms with Gasteiger partial charge in [-0.25, -0.2) is 0 Å². The van der Waals surface area contributed by atoms with E-state index in [1.807, 2.05) is 37.3 Å². The summed E-state index contributed by atoms with van der Waals surface area (Å²) in [7, 11) is 0. The molecule has 1 saturated heterocycles. The molecule has 1 atom stereocenters. The molecule has 0 bridgehead atoms. The van der Waals surface area contributed by atoms with Crippen LogP contribution in [0.4, 0.5) is 36.7 Å². The standard InChI is InChI=1S/C35H39F3N6O3/c1-2-27(31(45)46)23-25-8-14-30(15-9-25)47-21-18-39-32-41-33(40-29-12-10-28(11-13-29)35(36,37)38)43-34(42-32)44-19-16-26(17-20-44)22-24-6-4-3-5-7-24/h3-15,26-27H,2,16-23H2,1H3,(H,45,46)(H2,39,40,41,42,43). The average Bonchev–Trinajstić information content (AvgIpc) is 3.06. The molecule has 47 heavy (non-hydrogen) atoms. The predicted molar refractivity (Wildman–Crippen MR) is 175 cm³/mol. The van der Waals surface area contributed by atoms with Crippen LogP contribution < -0.4 is 20.3 Å². The van der Waals surface area contributed by atoms with E-state index in [0.717, 1.165) is 50.0 Å². The maximum absolute atomic E-state index is 13.1. The fraction of sp³-hybridized carbons (Fsp3) is 0.371. The number of piperidine rings is 1. The molecule has 9 nitrogen and oxygen atoms in total. The first-order chi connectivity index (χ1) is 22.7. The summed E-state index contributed by atoms with van der Waals surface area (Å²) in [5.41, 5.74) is 1.94. The lowest BCUT2D eigenvalue weighted by Crippen LogP contribution is -2.35. The average molecular weight is 649 g/mol. The highest BCUT2D eigenvalue weighted by Gasteiger charge is 2.30. The molecule has 1 aliphatic heterocycles. The number of anilines is 4. The molecule has 0 aliphatic carbocycles. The quantitative estimate of drug-likeness (QED) is 0.122. The van der Waals surface area contributed by atoms with Gasteiger partial charge in [0.1, 0.15) is 12.4 Å². The maximum Gasteiger partial charge on any atom is 0.416 e. The van der Waals surface area contributed by atoms with Crippen molar-refractivity contribution in [2.24, 2.45) is 11.8 Å². The molecule has 4 aromatic rings. The van der Waals surface area contributed by atoms with Gasteiger partial charge in [0.25, 0.3) is 0 Å². The number of carboxylic acids is 1. The van der Waals surface area contributed by atoms with Gasteiger partial charge in [-0.1, -0.05) is 49.4 Å². The Bertz CT molecular complexity index is 1580. The lowest BCUT2D eigenvalue weighted by molar-refractivity contribution is -0.141. The zero-order valence-corrected chi connectivity index (χ0v) is 26.2. The van der Waals surface area contributed by atoms with E-state index in [-0.39, 0.29) is 5.95 Å². The minimum Gasteiger partial charge on any atom is -0.492 e. The number of alkyl halides is 3. The van der Waals surface area contributed by atoms with Crippen LogP contribution in [0.25, 0.3) is 0 Å². The van der Waals surface area contributed by atoms with Crippen LogP contribution in [0.1, 0.15) is 42.9 Å². The first-order valence-corrected chi connectivity index (χ1v) is 15.8.